The number of anilines is 1. The van der Waals surface area contributed by atoms with Crippen LogP contribution in [0.5, 0.6) is 0 Å². The van der Waals surface area contributed by atoms with E-state index in [4.69, 9.17) is 0 Å². The molecular weight excluding hydrogens is 517 g/mol. The van der Waals surface area contributed by atoms with Crippen molar-refractivity contribution >= 4 is 17.2 Å². The molecule has 4 heterocycles. The van der Waals surface area contributed by atoms with Crippen LogP contribution in [-0.4, -0.2) is 68.5 Å². The first-order valence-corrected chi connectivity index (χ1v) is 14.2. The molecule has 41 heavy (non-hydrogen) atoms. The maximum absolute atomic E-state index is 14.6. The molecule has 0 atom stereocenters. The van der Waals surface area contributed by atoms with Gasteiger partial charge in [-0.05, 0) is 74.2 Å². The number of imidazole rings is 1. The van der Waals surface area contributed by atoms with Crippen molar-refractivity contribution in [1.29, 1.82) is 0 Å². The van der Waals surface area contributed by atoms with Crippen LogP contribution >= 0.6 is 0 Å². The molecular formula is C32H36FN7O. The number of amides is 1. The molecule has 0 spiro atoms. The molecule has 0 radical (unpaired) electrons. The lowest BCUT2D eigenvalue weighted by molar-refractivity contribution is 0.102. The number of nitrogens with zero attached hydrogens (tertiary/aromatic N) is 6. The third-order valence-electron chi connectivity index (χ3n) is 7.47. The zero-order valence-electron chi connectivity index (χ0n) is 24.0. The molecule has 8 nitrogen and oxygen atoms in total. The first-order chi connectivity index (χ1) is 19.9. The van der Waals surface area contributed by atoms with Gasteiger partial charge in [0.25, 0.3) is 5.91 Å². The van der Waals surface area contributed by atoms with Gasteiger partial charge in [-0.2, -0.15) is 9.49 Å². The monoisotopic (exact) mass is 553 g/mol. The van der Waals surface area contributed by atoms with Crippen LogP contribution in [0.15, 0.2) is 48.8 Å². The summed E-state index contributed by atoms with van der Waals surface area (Å²) < 4.78 is 16.2. The van der Waals surface area contributed by atoms with Crippen molar-refractivity contribution in [3.8, 4) is 11.8 Å². The van der Waals surface area contributed by atoms with Gasteiger partial charge in [-0.3, -0.25) is 9.69 Å². The predicted molar refractivity (Wildman–Crippen MR) is 158 cm³/mol. The zero-order chi connectivity index (χ0) is 28.8. The van der Waals surface area contributed by atoms with Crippen molar-refractivity contribution in [2.75, 3.05) is 38.5 Å². The second-order valence-corrected chi connectivity index (χ2v) is 10.7. The SMILES string of the molecule is CCCCCc1ccc2ncc(C#Cc3cc(C(=O)Nc4ccc(CN5CCN(C)CC5)c(C)c4)cnc3F)n2n1. The van der Waals surface area contributed by atoms with Crippen LogP contribution in [0.1, 0.15) is 64.6 Å². The van der Waals surface area contributed by atoms with E-state index in [2.05, 4.69) is 69.0 Å². The van der Waals surface area contributed by atoms with Gasteiger partial charge in [0.1, 0.15) is 5.69 Å². The molecule has 9 heteroatoms. The highest BCUT2D eigenvalue weighted by molar-refractivity contribution is 6.04. The van der Waals surface area contributed by atoms with Crippen LogP contribution < -0.4 is 5.32 Å². The number of piperazine rings is 1. The van der Waals surface area contributed by atoms with E-state index in [1.165, 1.54) is 17.8 Å². The first kappa shape index (κ1) is 28.4. The third kappa shape index (κ3) is 7.15. The zero-order valence-corrected chi connectivity index (χ0v) is 24.0. The van der Waals surface area contributed by atoms with Crippen molar-refractivity contribution < 1.29 is 9.18 Å². The summed E-state index contributed by atoms with van der Waals surface area (Å²) >= 11 is 0. The second kappa shape index (κ2) is 13.0. The van der Waals surface area contributed by atoms with E-state index in [0.29, 0.717) is 17.0 Å². The molecule has 1 fully saturated rings. The van der Waals surface area contributed by atoms with E-state index < -0.39 is 5.95 Å². The Morgan fingerprint density at radius 1 is 1.02 bits per heavy atom. The fourth-order valence-electron chi connectivity index (χ4n) is 4.88. The van der Waals surface area contributed by atoms with Crippen LogP contribution in [-0.2, 0) is 13.0 Å². The summed E-state index contributed by atoms with van der Waals surface area (Å²) in [5, 5.41) is 7.57. The Balaban J connectivity index is 1.28. The number of likely N-dealkylation sites (N-methyl/N-ethyl adjacent to an activating group) is 1. The lowest BCUT2D eigenvalue weighted by Gasteiger charge is -2.32. The Morgan fingerprint density at radius 3 is 2.63 bits per heavy atom. The molecule has 1 N–H and O–H groups in total. The predicted octanol–water partition coefficient (Wildman–Crippen LogP) is 4.70. The van der Waals surface area contributed by atoms with Gasteiger partial charge in [-0.1, -0.05) is 31.8 Å². The van der Waals surface area contributed by atoms with Crippen LogP contribution in [0.3, 0.4) is 0 Å². The Hall–Kier alpha value is -4.13. The van der Waals surface area contributed by atoms with Crippen LogP contribution in [0, 0.1) is 24.7 Å². The highest BCUT2D eigenvalue weighted by atomic mass is 19.1. The smallest absolute Gasteiger partial charge is 0.257 e. The molecule has 0 aliphatic carbocycles. The number of carbonyl (C=O) groups is 1. The summed E-state index contributed by atoms with van der Waals surface area (Å²) in [6, 6.07) is 11.2. The number of unbranched alkanes of at least 4 members (excludes halogenated alkanes) is 2. The Bertz CT molecular complexity index is 1590. The molecule has 5 rings (SSSR count). The summed E-state index contributed by atoms with van der Waals surface area (Å²) in [6.07, 6.45) is 7.07. The molecule has 1 amide bonds. The van der Waals surface area contributed by atoms with Gasteiger partial charge in [-0.25, -0.2) is 14.5 Å². The standard InChI is InChI=1S/C32H36FN7O/c1-4-5-6-7-27-11-13-30-34-21-29(40(30)37-27)12-9-24-19-26(20-35-31(24)33)32(41)36-28-10-8-25(23(2)18-28)22-39-16-14-38(3)15-17-39/h8,10-11,13,18-21H,4-7,14-17,22H2,1-3H3,(H,36,41). The van der Waals surface area contributed by atoms with E-state index >= 15 is 0 Å². The second-order valence-electron chi connectivity index (χ2n) is 10.7. The minimum atomic E-state index is -0.736. The fourth-order valence-corrected chi connectivity index (χ4v) is 4.88. The lowest BCUT2D eigenvalue weighted by atomic mass is 10.1. The highest BCUT2D eigenvalue weighted by Crippen LogP contribution is 2.19. The minimum Gasteiger partial charge on any atom is -0.322 e. The van der Waals surface area contributed by atoms with E-state index in [-0.39, 0.29) is 17.0 Å². The Labute approximate surface area is 240 Å². The van der Waals surface area contributed by atoms with Gasteiger partial charge in [-0.15, -0.1) is 0 Å². The molecule has 1 aliphatic heterocycles. The van der Waals surface area contributed by atoms with E-state index in [1.807, 2.05) is 24.3 Å². The molecule has 1 aliphatic rings. The molecule has 1 aromatic carbocycles. The van der Waals surface area contributed by atoms with Gasteiger partial charge < -0.3 is 10.2 Å². The van der Waals surface area contributed by atoms with Gasteiger partial charge in [0.15, 0.2) is 5.65 Å². The highest BCUT2D eigenvalue weighted by Gasteiger charge is 2.16. The first-order valence-electron chi connectivity index (χ1n) is 14.2. The summed E-state index contributed by atoms with van der Waals surface area (Å²) in [6.45, 7) is 9.34. The number of hydrogen-bond acceptors (Lipinski definition) is 6. The summed E-state index contributed by atoms with van der Waals surface area (Å²) in [5.74, 6) is 4.66. The van der Waals surface area contributed by atoms with Crippen molar-refractivity contribution in [1.82, 2.24) is 29.4 Å². The van der Waals surface area contributed by atoms with Gasteiger partial charge in [0.05, 0.1) is 23.0 Å². The van der Waals surface area contributed by atoms with E-state index in [0.717, 1.165) is 69.7 Å². The number of nitrogens with one attached hydrogen (secondary N) is 1. The number of halogens is 1. The quantitative estimate of drug-likeness (QED) is 0.194. The largest absolute Gasteiger partial charge is 0.322 e. The number of pyridine rings is 1. The van der Waals surface area contributed by atoms with Crippen molar-refractivity contribution in [2.45, 2.75) is 46.1 Å². The average Bonchev–Trinajstić information content (AvgIpc) is 3.37. The number of aromatic nitrogens is 4. The minimum absolute atomic E-state index is 0.0328. The molecule has 4 aromatic rings. The number of rotatable bonds is 8. The van der Waals surface area contributed by atoms with Crippen LogP contribution in [0.25, 0.3) is 5.65 Å². The topological polar surface area (TPSA) is 78.7 Å². The number of benzene rings is 1. The van der Waals surface area contributed by atoms with E-state index in [9.17, 15) is 9.18 Å². The maximum Gasteiger partial charge on any atom is 0.257 e. The Morgan fingerprint density at radius 2 is 1.85 bits per heavy atom. The maximum atomic E-state index is 14.6. The summed E-state index contributed by atoms with van der Waals surface area (Å²) in [4.78, 5) is 25.9. The molecule has 212 valence electrons. The van der Waals surface area contributed by atoms with Crippen LogP contribution in [0.2, 0.25) is 0 Å². The van der Waals surface area contributed by atoms with Crippen molar-refractivity contribution in [2.24, 2.45) is 0 Å². The number of aryl methyl sites for hydroxylation is 2. The van der Waals surface area contributed by atoms with E-state index in [1.54, 1.807) is 10.7 Å². The fraction of sp³-hybridized carbons (Fsp3) is 0.375. The number of carbonyl (C=O) groups excluding carboxylic acids is 1. The molecule has 0 saturated carbocycles. The third-order valence-corrected chi connectivity index (χ3v) is 7.47. The normalized spacial score (nSPS) is 14.1. The van der Waals surface area contributed by atoms with Crippen LogP contribution in [0.4, 0.5) is 10.1 Å². The average molecular weight is 554 g/mol. The molecule has 3 aromatic heterocycles. The molecule has 1 saturated heterocycles. The van der Waals surface area contributed by atoms with Crippen molar-refractivity contribution in [3.05, 3.63) is 88.4 Å². The van der Waals surface area contributed by atoms with Gasteiger partial charge >= 0.3 is 0 Å². The van der Waals surface area contributed by atoms with Gasteiger partial charge in [0, 0.05) is 44.6 Å². The van der Waals surface area contributed by atoms with Gasteiger partial charge in [0.2, 0.25) is 5.95 Å². The lowest BCUT2D eigenvalue weighted by Crippen LogP contribution is -2.43. The summed E-state index contributed by atoms with van der Waals surface area (Å²) in [7, 11) is 2.15. The number of fused-ring (bicyclic) bond motifs is 1. The number of hydrogen-bond donors (Lipinski definition) is 1. The Kier molecular flexibility index (Phi) is 9.02. The summed E-state index contributed by atoms with van der Waals surface area (Å²) in [5.41, 5.74) is 5.46. The molecule has 0 unspecified atom stereocenters. The molecule has 0 bridgehead atoms. The van der Waals surface area contributed by atoms with Crippen molar-refractivity contribution in [3.63, 3.8) is 0 Å².